The highest BCUT2D eigenvalue weighted by atomic mass is 16.4. The van der Waals surface area contributed by atoms with Gasteiger partial charge in [0.05, 0.1) is 17.7 Å². The molecule has 2 rings (SSSR count). The molecule has 0 spiro atoms. The summed E-state index contributed by atoms with van der Waals surface area (Å²) in [5.41, 5.74) is 6.19. The van der Waals surface area contributed by atoms with E-state index in [1.54, 1.807) is 24.3 Å². The number of para-hydroxylation sites is 1. The van der Waals surface area contributed by atoms with Crippen molar-refractivity contribution in [1.82, 2.24) is 0 Å². The number of rotatable bonds is 2. The lowest BCUT2D eigenvalue weighted by atomic mass is 10.2. The first-order valence-electron chi connectivity index (χ1n) is 4.71. The fourth-order valence-electron chi connectivity index (χ4n) is 1.64. The molecule has 16 heavy (non-hydrogen) atoms. The number of anilines is 1. The van der Waals surface area contributed by atoms with Gasteiger partial charge in [-0.1, -0.05) is 18.2 Å². The lowest BCUT2D eigenvalue weighted by Crippen LogP contribution is -2.28. The smallest absolute Gasteiger partial charge is 0.335 e. The van der Waals surface area contributed by atoms with E-state index in [9.17, 15) is 9.59 Å². The van der Waals surface area contributed by atoms with E-state index in [0.29, 0.717) is 5.69 Å². The number of carboxylic acids is 1. The molecule has 1 aliphatic rings. The second kappa shape index (κ2) is 3.69. The molecule has 0 unspecified atom stereocenters. The van der Waals surface area contributed by atoms with Gasteiger partial charge in [-0.2, -0.15) is 0 Å². The Hall–Kier alpha value is -2.30. The number of carboxylic acid groups (broad SMARTS) is 1. The van der Waals surface area contributed by atoms with Crippen molar-refractivity contribution in [1.29, 1.82) is 0 Å². The van der Waals surface area contributed by atoms with Crippen molar-refractivity contribution in [2.75, 3.05) is 4.90 Å². The molecule has 0 aromatic heterocycles. The Labute approximate surface area is 91.8 Å². The van der Waals surface area contributed by atoms with E-state index in [1.807, 2.05) is 6.07 Å². The van der Waals surface area contributed by atoms with Crippen LogP contribution >= 0.6 is 0 Å². The first-order valence-corrected chi connectivity index (χ1v) is 4.71. The van der Waals surface area contributed by atoms with Crippen LogP contribution in [0.3, 0.4) is 0 Å². The number of amides is 1. The molecular weight excluding hydrogens is 208 g/mol. The van der Waals surface area contributed by atoms with Gasteiger partial charge in [-0.05, 0) is 12.1 Å². The zero-order valence-corrected chi connectivity index (χ0v) is 8.38. The van der Waals surface area contributed by atoms with E-state index in [1.165, 1.54) is 4.90 Å². The van der Waals surface area contributed by atoms with Crippen LogP contribution in [-0.4, -0.2) is 17.0 Å². The number of aliphatic carboxylic acids is 1. The Morgan fingerprint density at radius 3 is 2.44 bits per heavy atom. The van der Waals surface area contributed by atoms with Gasteiger partial charge >= 0.3 is 5.97 Å². The van der Waals surface area contributed by atoms with Gasteiger partial charge in [-0.25, -0.2) is 4.79 Å². The largest absolute Gasteiger partial charge is 0.478 e. The van der Waals surface area contributed by atoms with E-state index in [4.69, 9.17) is 10.8 Å². The highest BCUT2D eigenvalue weighted by Crippen LogP contribution is 2.27. The highest BCUT2D eigenvalue weighted by Gasteiger charge is 2.32. The molecule has 1 heterocycles. The molecule has 82 valence electrons. The summed E-state index contributed by atoms with van der Waals surface area (Å²) in [7, 11) is 0. The van der Waals surface area contributed by atoms with Crippen LogP contribution in [0.1, 0.15) is 6.42 Å². The summed E-state index contributed by atoms with van der Waals surface area (Å²) in [5, 5.41) is 8.85. The van der Waals surface area contributed by atoms with Crippen LogP contribution in [0.4, 0.5) is 5.69 Å². The lowest BCUT2D eigenvalue weighted by Gasteiger charge is -2.17. The van der Waals surface area contributed by atoms with Crippen molar-refractivity contribution in [2.45, 2.75) is 6.42 Å². The third kappa shape index (κ3) is 1.52. The summed E-state index contributed by atoms with van der Waals surface area (Å²) in [6.45, 7) is 0. The zero-order valence-electron chi connectivity index (χ0n) is 8.38. The molecule has 1 aromatic rings. The second-order valence-corrected chi connectivity index (χ2v) is 3.41. The molecule has 3 N–H and O–H groups in total. The van der Waals surface area contributed by atoms with Crippen molar-refractivity contribution >= 4 is 17.6 Å². The molecule has 1 aromatic carbocycles. The number of hydrogen-bond acceptors (Lipinski definition) is 3. The first kappa shape index (κ1) is 10.2. The molecule has 0 saturated carbocycles. The van der Waals surface area contributed by atoms with Gasteiger partial charge in [0.15, 0.2) is 0 Å². The second-order valence-electron chi connectivity index (χ2n) is 3.41. The van der Waals surface area contributed by atoms with E-state index >= 15 is 0 Å². The molecule has 0 radical (unpaired) electrons. The molecule has 5 nitrogen and oxygen atoms in total. The van der Waals surface area contributed by atoms with Crippen molar-refractivity contribution in [3.8, 4) is 0 Å². The molecule has 1 aliphatic heterocycles. The average molecular weight is 218 g/mol. The van der Waals surface area contributed by atoms with E-state index < -0.39 is 5.97 Å². The number of hydrogen-bond donors (Lipinski definition) is 2. The highest BCUT2D eigenvalue weighted by molar-refractivity contribution is 6.08. The van der Waals surface area contributed by atoms with Gasteiger partial charge in [0.2, 0.25) is 5.91 Å². The van der Waals surface area contributed by atoms with Gasteiger partial charge in [0, 0.05) is 0 Å². The maximum absolute atomic E-state index is 11.6. The van der Waals surface area contributed by atoms with Gasteiger partial charge in [0.25, 0.3) is 0 Å². The number of carbonyl (C=O) groups excluding carboxylic acids is 1. The molecule has 0 saturated heterocycles. The normalized spacial score (nSPS) is 15.8. The monoisotopic (exact) mass is 218 g/mol. The molecular formula is C11H10N2O3. The van der Waals surface area contributed by atoms with E-state index in [2.05, 4.69) is 0 Å². The minimum atomic E-state index is -1.15. The van der Waals surface area contributed by atoms with Crippen LogP contribution in [0.2, 0.25) is 0 Å². The summed E-state index contributed by atoms with van der Waals surface area (Å²) in [6.07, 6.45) is -0.157. The van der Waals surface area contributed by atoms with Gasteiger partial charge in [-0.15, -0.1) is 0 Å². The predicted molar refractivity (Wildman–Crippen MR) is 57.4 cm³/mol. The minimum absolute atomic E-state index is 0.00343. The SMILES string of the molecule is NC1=C(C(=O)O)CC(=O)N1c1ccccc1. The summed E-state index contributed by atoms with van der Waals surface area (Å²) < 4.78 is 0. The summed E-state index contributed by atoms with van der Waals surface area (Å²) >= 11 is 0. The Bertz CT molecular complexity index is 479. The minimum Gasteiger partial charge on any atom is -0.478 e. The molecule has 0 bridgehead atoms. The number of nitrogens with two attached hydrogens (primary N) is 1. The van der Waals surface area contributed by atoms with Crippen molar-refractivity contribution in [2.24, 2.45) is 5.73 Å². The zero-order chi connectivity index (χ0) is 11.7. The van der Waals surface area contributed by atoms with Crippen LogP contribution in [0.5, 0.6) is 0 Å². The molecule has 1 amide bonds. The van der Waals surface area contributed by atoms with Crippen molar-refractivity contribution < 1.29 is 14.7 Å². The van der Waals surface area contributed by atoms with Crippen molar-refractivity contribution in [3.05, 3.63) is 41.7 Å². The number of benzene rings is 1. The summed E-state index contributed by atoms with van der Waals surface area (Å²) in [4.78, 5) is 23.7. The topological polar surface area (TPSA) is 83.6 Å². The molecule has 0 fully saturated rings. The molecule has 0 aliphatic carbocycles. The maximum atomic E-state index is 11.6. The molecule has 0 atom stereocenters. The van der Waals surface area contributed by atoms with Crippen LogP contribution in [0, 0.1) is 0 Å². The number of carbonyl (C=O) groups is 2. The van der Waals surface area contributed by atoms with Gasteiger partial charge in [0.1, 0.15) is 5.82 Å². The van der Waals surface area contributed by atoms with Crippen molar-refractivity contribution in [3.63, 3.8) is 0 Å². The van der Waals surface area contributed by atoms with E-state index in [0.717, 1.165) is 0 Å². The van der Waals surface area contributed by atoms with Crippen LogP contribution < -0.4 is 10.6 Å². The lowest BCUT2D eigenvalue weighted by molar-refractivity contribution is -0.133. The number of nitrogens with zero attached hydrogens (tertiary/aromatic N) is 1. The summed E-state index contributed by atoms with van der Waals surface area (Å²) in [6, 6.07) is 8.73. The quantitative estimate of drug-likeness (QED) is 0.764. The van der Waals surface area contributed by atoms with E-state index in [-0.39, 0.29) is 23.7 Å². The van der Waals surface area contributed by atoms with Crippen LogP contribution in [-0.2, 0) is 9.59 Å². The Balaban J connectivity index is 2.43. The fraction of sp³-hybridized carbons (Fsp3) is 0.0909. The Morgan fingerprint density at radius 1 is 1.31 bits per heavy atom. The Kier molecular flexibility index (Phi) is 2.36. The third-order valence-corrected chi connectivity index (χ3v) is 2.40. The standard InChI is InChI=1S/C11H10N2O3/c12-10-8(11(15)16)6-9(14)13(10)7-4-2-1-3-5-7/h1-5H,6,12H2,(H,15,16). The van der Waals surface area contributed by atoms with Gasteiger partial charge < -0.3 is 10.8 Å². The Morgan fingerprint density at radius 2 is 1.94 bits per heavy atom. The maximum Gasteiger partial charge on any atom is 0.335 e. The summed E-state index contributed by atoms with van der Waals surface area (Å²) in [5.74, 6) is -1.46. The average Bonchev–Trinajstić information content (AvgIpc) is 2.56. The first-order chi connectivity index (χ1) is 7.61. The fourth-order valence-corrected chi connectivity index (χ4v) is 1.64. The van der Waals surface area contributed by atoms with Crippen LogP contribution in [0.25, 0.3) is 0 Å². The third-order valence-electron chi connectivity index (χ3n) is 2.40. The van der Waals surface area contributed by atoms with Gasteiger partial charge in [-0.3, -0.25) is 9.69 Å². The van der Waals surface area contributed by atoms with Crippen LogP contribution in [0.15, 0.2) is 41.7 Å². The predicted octanol–water partition coefficient (Wildman–Crippen LogP) is 0.678. The molecule has 5 heteroatoms.